The largest absolute Gasteiger partial charge is 0.507 e. The summed E-state index contributed by atoms with van der Waals surface area (Å²) in [5, 5.41) is 17.3. The van der Waals surface area contributed by atoms with Gasteiger partial charge >= 0.3 is 16.4 Å². The minimum atomic E-state index is -4.67. The normalized spacial score (nSPS) is 9.38. The molecule has 16 heavy (non-hydrogen) atoms. The quantitative estimate of drug-likeness (QED) is 0.436. The molecule has 0 amide bonds. The second kappa shape index (κ2) is 7.20. The molecule has 1 aromatic rings. The number of aromatic carboxylic acids is 1. The number of hydrogen-bond acceptors (Lipinski definition) is 4. The molecular formula is C7H8FeO7S. The summed E-state index contributed by atoms with van der Waals surface area (Å²) in [4.78, 5) is 10.3. The van der Waals surface area contributed by atoms with Crippen LogP contribution in [0.5, 0.6) is 5.75 Å². The van der Waals surface area contributed by atoms with Crippen LogP contribution in [-0.4, -0.2) is 33.7 Å². The van der Waals surface area contributed by atoms with Crippen molar-refractivity contribution in [1.29, 1.82) is 0 Å². The van der Waals surface area contributed by atoms with Gasteiger partial charge in [0.25, 0.3) is 0 Å². The molecule has 0 radical (unpaired) electrons. The average Bonchev–Trinajstić information content (AvgIpc) is 2.01. The first-order chi connectivity index (χ1) is 6.72. The molecule has 0 aliphatic carbocycles. The molecule has 1 rings (SSSR count). The number of carboxylic acid groups (broad SMARTS) is 1. The van der Waals surface area contributed by atoms with E-state index in [0.717, 1.165) is 0 Å². The molecule has 0 bridgehead atoms. The Kier molecular flexibility index (Phi) is 7.78. The standard InChI is InChI=1S/C7H6O3.Fe.H2O4S/c8-6-4-2-1-3-5(6)7(9)10;;1-5(2,3)4/h1-4,8H,(H,9,10);;(H2,1,2,3,4). The van der Waals surface area contributed by atoms with Crippen LogP contribution in [0.1, 0.15) is 10.4 Å². The average molecular weight is 292 g/mol. The number of hydrogen-bond donors (Lipinski definition) is 4. The molecule has 0 atom stereocenters. The molecule has 0 aliphatic rings. The van der Waals surface area contributed by atoms with Crippen LogP contribution >= 0.6 is 0 Å². The molecule has 1 aromatic carbocycles. The number of benzene rings is 1. The van der Waals surface area contributed by atoms with Gasteiger partial charge in [0.2, 0.25) is 0 Å². The molecule has 4 N–H and O–H groups in total. The third kappa shape index (κ3) is 9.44. The fourth-order valence-corrected chi connectivity index (χ4v) is 0.654. The fourth-order valence-electron chi connectivity index (χ4n) is 0.654. The predicted octanol–water partition coefficient (Wildman–Crippen LogP) is 0.435. The monoisotopic (exact) mass is 292 g/mol. The first kappa shape index (κ1) is 17.3. The zero-order valence-electron chi connectivity index (χ0n) is 7.58. The van der Waals surface area contributed by atoms with E-state index in [4.69, 9.17) is 27.7 Å². The summed E-state index contributed by atoms with van der Waals surface area (Å²) in [7, 11) is -4.67. The van der Waals surface area contributed by atoms with Gasteiger partial charge in [0, 0.05) is 17.1 Å². The van der Waals surface area contributed by atoms with Crippen molar-refractivity contribution in [3.63, 3.8) is 0 Å². The van der Waals surface area contributed by atoms with E-state index in [1.807, 2.05) is 0 Å². The molecule has 0 spiro atoms. The first-order valence-corrected chi connectivity index (χ1v) is 4.82. The molecule has 7 nitrogen and oxygen atoms in total. The molecule has 92 valence electrons. The molecule has 0 fully saturated rings. The van der Waals surface area contributed by atoms with Crippen molar-refractivity contribution in [2.75, 3.05) is 0 Å². The molecule has 0 saturated heterocycles. The third-order valence-corrected chi connectivity index (χ3v) is 1.13. The van der Waals surface area contributed by atoms with E-state index in [0.29, 0.717) is 0 Å². The molecular weight excluding hydrogens is 284 g/mol. The van der Waals surface area contributed by atoms with Gasteiger partial charge in [-0.2, -0.15) is 8.42 Å². The van der Waals surface area contributed by atoms with Gasteiger partial charge in [-0.15, -0.1) is 0 Å². The maximum atomic E-state index is 10.3. The van der Waals surface area contributed by atoms with E-state index in [1.54, 1.807) is 12.1 Å². The second-order valence-electron chi connectivity index (χ2n) is 2.27. The Morgan fingerprint density at radius 2 is 1.50 bits per heavy atom. The summed E-state index contributed by atoms with van der Waals surface area (Å²) in [6, 6.07) is 5.81. The van der Waals surface area contributed by atoms with Crippen LogP contribution in [0.4, 0.5) is 0 Å². The van der Waals surface area contributed by atoms with Crippen LogP contribution in [0.25, 0.3) is 0 Å². The SMILES string of the molecule is O=C(O)c1ccccc1O.O=S(=O)(O)O.[Fe]. The maximum Gasteiger partial charge on any atom is 0.394 e. The Morgan fingerprint density at radius 3 is 1.75 bits per heavy atom. The molecule has 0 heterocycles. The summed E-state index contributed by atoms with van der Waals surface area (Å²) < 4.78 is 31.6. The Morgan fingerprint density at radius 1 is 1.12 bits per heavy atom. The van der Waals surface area contributed by atoms with Crippen LogP contribution in [0.15, 0.2) is 24.3 Å². The predicted molar refractivity (Wildman–Crippen MR) is 49.2 cm³/mol. The fraction of sp³-hybridized carbons (Fsp3) is 0. The van der Waals surface area contributed by atoms with Crippen LogP contribution in [-0.2, 0) is 27.5 Å². The summed E-state index contributed by atoms with van der Waals surface area (Å²) >= 11 is 0. The number of para-hydroxylation sites is 1. The number of carboxylic acids is 1. The van der Waals surface area contributed by atoms with Gasteiger partial charge in [0.1, 0.15) is 11.3 Å². The molecule has 0 aliphatic heterocycles. The van der Waals surface area contributed by atoms with Gasteiger partial charge in [-0.25, -0.2) is 4.79 Å². The van der Waals surface area contributed by atoms with Crippen LogP contribution in [0.3, 0.4) is 0 Å². The maximum absolute atomic E-state index is 10.3. The van der Waals surface area contributed by atoms with Crippen molar-refractivity contribution in [3.05, 3.63) is 29.8 Å². The van der Waals surface area contributed by atoms with E-state index in [-0.39, 0.29) is 28.4 Å². The number of aromatic hydroxyl groups is 1. The summed E-state index contributed by atoms with van der Waals surface area (Å²) in [6.07, 6.45) is 0. The van der Waals surface area contributed by atoms with Crippen LogP contribution in [0, 0.1) is 0 Å². The van der Waals surface area contributed by atoms with Gasteiger partial charge in [0.05, 0.1) is 0 Å². The number of carbonyl (C=O) groups is 1. The molecule has 0 unspecified atom stereocenters. The van der Waals surface area contributed by atoms with Gasteiger partial charge < -0.3 is 10.2 Å². The van der Waals surface area contributed by atoms with Crippen LogP contribution < -0.4 is 0 Å². The van der Waals surface area contributed by atoms with Crippen LogP contribution in [0.2, 0.25) is 0 Å². The van der Waals surface area contributed by atoms with E-state index < -0.39 is 16.4 Å². The minimum Gasteiger partial charge on any atom is -0.507 e. The van der Waals surface area contributed by atoms with Gasteiger partial charge in [-0.05, 0) is 12.1 Å². The molecule has 0 aromatic heterocycles. The second-order valence-corrected chi connectivity index (χ2v) is 3.17. The first-order valence-electron chi connectivity index (χ1n) is 3.43. The number of phenols is 1. The van der Waals surface area contributed by atoms with Gasteiger partial charge in [-0.3, -0.25) is 9.11 Å². The summed E-state index contributed by atoms with van der Waals surface area (Å²) in [6.45, 7) is 0. The van der Waals surface area contributed by atoms with E-state index in [1.165, 1.54) is 12.1 Å². The summed E-state index contributed by atoms with van der Waals surface area (Å²) in [5.74, 6) is -1.31. The van der Waals surface area contributed by atoms with Crippen molar-refractivity contribution >= 4 is 16.4 Å². The zero-order valence-corrected chi connectivity index (χ0v) is 9.51. The van der Waals surface area contributed by atoms with Crippen molar-refractivity contribution in [1.82, 2.24) is 0 Å². The zero-order chi connectivity index (χ0) is 12.1. The Bertz CT molecular complexity index is 434. The Hall–Kier alpha value is -1.12. The van der Waals surface area contributed by atoms with Crippen molar-refractivity contribution in [2.24, 2.45) is 0 Å². The van der Waals surface area contributed by atoms with Crippen molar-refractivity contribution < 1.29 is 49.6 Å². The van der Waals surface area contributed by atoms with Gasteiger partial charge in [-0.1, -0.05) is 12.1 Å². The van der Waals surface area contributed by atoms with Crippen molar-refractivity contribution in [3.8, 4) is 5.75 Å². The Labute approximate surface area is 102 Å². The topological polar surface area (TPSA) is 132 Å². The van der Waals surface area contributed by atoms with E-state index in [2.05, 4.69) is 0 Å². The molecule has 9 heteroatoms. The third-order valence-electron chi connectivity index (χ3n) is 1.13. The molecule has 0 saturated carbocycles. The number of rotatable bonds is 1. The Balaban J connectivity index is 0. The minimum absolute atomic E-state index is 0. The smallest absolute Gasteiger partial charge is 0.394 e. The van der Waals surface area contributed by atoms with Crippen molar-refractivity contribution in [2.45, 2.75) is 0 Å². The van der Waals surface area contributed by atoms with E-state index >= 15 is 0 Å². The van der Waals surface area contributed by atoms with E-state index in [9.17, 15) is 4.79 Å². The summed E-state index contributed by atoms with van der Waals surface area (Å²) in [5.41, 5.74) is -0.0671. The van der Waals surface area contributed by atoms with Gasteiger partial charge in [0.15, 0.2) is 0 Å².